The monoisotopic (exact) mass is 427 g/mol. The molecule has 0 atom stereocenters. The zero-order chi connectivity index (χ0) is 20.7. The van der Waals surface area contributed by atoms with Crippen LogP contribution >= 0.6 is 11.6 Å². The van der Waals surface area contributed by atoms with E-state index in [9.17, 15) is 4.39 Å². The second-order valence-electron chi connectivity index (χ2n) is 8.39. The molecule has 0 bridgehead atoms. The first-order chi connectivity index (χ1) is 14.5. The minimum Gasteiger partial charge on any atom is -0.340 e. The van der Waals surface area contributed by atoms with Gasteiger partial charge in [-0.1, -0.05) is 11.6 Å². The Balaban J connectivity index is 1.42. The third-order valence-electron chi connectivity index (χ3n) is 6.36. The summed E-state index contributed by atoms with van der Waals surface area (Å²) in [7, 11) is 0. The van der Waals surface area contributed by atoms with Gasteiger partial charge in [0.15, 0.2) is 5.82 Å². The number of nitrogens with one attached hydrogen (secondary N) is 1. The summed E-state index contributed by atoms with van der Waals surface area (Å²) >= 11 is 5.90. The second kappa shape index (κ2) is 7.59. The third-order valence-corrected chi connectivity index (χ3v) is 6.65. The summed E-state index contributed by atoms with van der Waals surface area (Å²) in [6.45, 7) is 1.89. The highest BCUT2D eigenvalue weighted by molar-refractivity contribution is 6.31. The lowest BCUT2D eigenvalue weighted by molar-refractivity contribution is 0.202. The van der Waals surface area contributed by atoms with Crippen LogP contribution in [0.1, 0.15) is 32.1 Å². The molecule has 3 N–H and O–H groups in total. The van der Waals surface area contributed by atoms with E-state index < -0.39 is 5.82 Å². The molecule has 30 heavy (non-hydrogen) atoms. The maximum absolute atomic E-state index is 13.5. The molecule has 2 fully saturated rings. The Bertz CT molecular complexity index is 1080. The topological polar surface area (TPSA) is 92.9 Å². The van der Waals surface area contributed by atoms with E-state index >= 15 is 0 Å². The largest absolute Gasteiger partial charge is 0.340 e. The summed E-state index contributed by atoms with van der Waals surface area (Å²) in [6.07, 6.45) is 8.84. The fraction of sp³-hybridized carbons (Fsp3) is 0.429. The Morgan fingerprint density at radius 2 is 2.00 bits per heavy atom. The summed E-state index contributed by atoms with van der Waals surface area (Å²) in [6, 6.07) is 4.78. The second-order valence-corrected chi connectivity index (χ2v) is 8.80. The van der Waals surface area contributed by atoms with E-state index in [4.69, 9.17) is 22.3 Å². The molecule has 1 spiro atoms. The number of aromatic nitrogens is 4. The maximum atomic E-state index is 13.5. The number of fused-ring (bicyclic) bond motifs is 1. The quantitative estimate of drug-likeness (QED) is 0.651. The molecule has 7 nitrogen and oxygen atoms in total. The van der Waals surface area contributed by atoms with Crippen LogP contribution in [-0.2, 0) is 0 Å². The summed E-state index contributed by atoms with van der Waals surface area (Å²) < 4.78 is 13.5. The van der Waals surface area contributed by atoms with E-state index in [-0.39, 0.29) is 5.02 Å². The minimum atomic E-state index is -0.467. The van der Waals surface area contributed by atoms with Gasteiger partial charge in [0, 0.05) is 24.8 Å². The van der Waals surface area contributed by atoms with Crippen molar-refractivity contribution in [3.63, 3.8) is 0 Å². The molecule has 1 saturated heterocycles. The molecule has 0 unspecified atom stereocenters. The first kappa shape index (κ1) is 19.4. The van der Waals surface area contributed by atoms with Crippen molar-refractivity contribution < 1.29 is 4.39 Å². The molecule has 3 aromatic rings. The highest BCUT2D eigenvalue weighted by Crippen LogP contribution is 2.44. The van der Waals surface area contributed by atoms with E-state index in [1.54, 1.807) is 12.3 Å². The van der Waals surface area contributed by atoms with Gasteiger partial charge in [-0.25, -0.2) is 24.3 Å². The molecular formula is C21H23ClFN7. The Hall–Kier alpha value is -2.58. The van der Waals surface area contributed by atoms with E-state index in [0.717, 1.165) is 32.4 Å². The molecular weight excluding hydrogens is 405 g/mol. The zero-order valence-electron chi connectivity index (χ0n) is 16.5. The van der Waals surface area contributed by atoms with Crippen molar-refractivity contribution in [1.82, 2.24) is 19.9 Å². The van der Waals surface area contributed by atoms with Crippen LogP contribution in [0.15, 0.2) is 30.7 Å². The minimum absolute atomic E-state index is 0.0447. The van der Waals surface area contributed by atoms with Crippen LogP contribution in [-0.4, -0.2) is 39.1 Å². The van der Waals surface area contributed by atoms with Crippen LogP contribution in [0, 0.1) is 11.2 Å². The Kier molecular flexibility index (Phi) is 4.91. The van der Waals surface area contributed by atoms with E-state index in [2.05, 4.69) is 25.2 Å². The van der Waals surface area contributed by atoms with Gasteiger partial charge in [0.2, 0.25) is 5.95 Å². The number of hydrogen-bond donors (Lipinski definition) is 2. The van der Waals surface area contributed by atoms with Crippen molar-refractivity contribution in [2.24, 2.45) is 11.1 Å². The van der Waals surface area contributed by atoms with Gasteiger partial charge in [-0.15, -0.1) is 0 Å². The fourth-order valence-electron chi connectivity index (χ4n) is 4.57. The molecule has 0 radical (unpaired) electrons. The van der Waals surface area contributed by atoms with Crippen LogP contribution in [0.2, 0.25) is 5.02 Å². The molecule has 3 heterocycles. The number of halogens is 2. The summed E-state index contributed by atoms with van der Waals surface area (Å²) in [5.41, 5.74) is 8.32. The molecule has 2 aromatic heterocycles. The standard InChI is InChI=1S/C21H23ClFN7/c22-15-9-14(1-2-16(15)23)28-19-18-17(26-12-27-19)10-25-20(29-18)30-8-7-21(11-30)5-3-13(24)4-6-21/h1-2,9-10,12-13H,3-8,11,24H2,(H,26,27,28). The Morgan fingerprint density at radius 1 is 1.17 bits per heavy atom. The average molecular weight is 428 g/mol. The lowest BCUT2D eigenvalue weighted by Gasteiger charge is -2.35. The summed E-state index contributed by atoms with van der Waals surface area (Å²) in [4.78, 5) is 20.2. The van der Waals surface area contributed by atoms with Gasteiger partial charge in [0.05, 0.1) is 11.2 Å². The van der Waals surface area contributed by atoms with E-state index in [1.165, 1.54) is 31.3 Å². The van der Waals surface area contributed by atoms with Gasteiger partial charge in [-0.3, -0.25) is 0 Å². The fourth-order valence-corrected chi connectivity index (χ4v) is 4.75. The van der Waals surface area contributed by atoms with Crippen molar-refractivity contribution in [2.45, 2.75) is 38.1 Å². The zero-order valence-corrected chi connectivity index (χ0v) is 17.2. The number of nitrogens with two attached hydrogens (primary N) is 1. The number of hydrogen-bond acceptors (Lipinski definition) is 7. The molecule has 1 aromatic carbocycles. The summed E-state index contributed by atoms with van der Waals surface area (Å²) in [5, 5.41) is 3.21. The molecule has 1 aliphatic heterocycles. The molecule has 9 heteroatoms. The first-order valence-electron chi connectivity index (χ1n) is 10.2. The SMILES string of the molecule is NC1CCC2(CC1)CCN(c1ncc3ncnc(Nc4ccc(F)c(Cl)c4)c3n1)C2. The molecule has 1 aliphatic carbocycles. The molecule has 5 rings (SSSR count). The van der Waals surface area contributed by atoms with Gasteiger partial charge in [0.25, 0.3) is 0 Å². The number of nitrogens with zero attached hydrogens (tertiary/aromatic N) is 5. The van der Waals surface area contributed by atoms with Gasteiger partial charge in [-0.2, -0.15) is 0 Å². The Morgan fingerprint density at radius 3 is 2.80 bits per heavy atom. The predicted molar refractivity (Wildman–Crippen MR) is 116 cm³/mol. The lowest BCUT2D eigenvalue weighted by Crippen LogP contribution is -2.36. The smallest absolute Gasteiger partial charge is 0.226 e. The number of anilines is 3. The first-order valence-corrected chi connectivity index (χ1v) is 10.6. The molecule has 1 saturated carbocycles. The maximum Gasteiger partial charge on any atom is 0.226 e. The van der Waals surface area contributed by atoms with Gasteiger partial charge in [-0.05, 0) is 55.7 Å². The number of benzene rings is 1. The van der Waals surface area contributed by atoms with Gasteiger partial charge < -0.3 is 16.0 Å². The van der Waals surface area contributed by atoms with Crippen molar-refractivity contribution >= 4 is 40.1 Å². The van der Waals surface area contributed by atoms with Crippen LogP contribution in [0.25, 0.3) is 11.0 Å². The highest BCUT2D eigenvalue weighted by atomic mass is 35.5. The average Bonchev–Trinajstić information content (AvgIpc) is 3.17. The van der Waals surface area contributed by atoms with Gasteiger partial charge >= 0.3 is 0 Å². The third kappa shape index (κ3) is 3.65. The van der Waals surface area contributed by atoms with E-state index in [0.29, 0.717) is 39.9 Å². The van der Waals surface area contributed by atoms with Crippen molar-refractivity contribution in [3.05, 3.63) is 41.6 Å². The predicted octanol–water partition coefficient (Wildman–Crippen LogP) is 4.05. The van der Waals surface area contributed by atoms with Crippen LogP contribution in [0.4, 0.5) is 21.8 Å². The molecule has 156 valence electrons. The molecule has 0 amide bonds. The van der Waals surface area contributed by atoms with Crippen LogP contribution in [0.3, 0.4) is 0 Å². The van der Waals surface area contributed by atoms with Crippen LogP contribution in [0.5, 0.6) is 0 Å². The Labute approximate surface area is 178 Å². The molecule has 2 aliphatic rings. The highest BCUT2D eigenvalue weighted by Gasteiger charge is 2.41. The number of rotatable bonds is 3. The normalized spacial score (nSPS) is 24.0. The van der Waals surface area contributed by atoms with Crippen molar-refractivity contribution in [1.29, 1.82) is 0 Å². The van der Waals surface area contributed by atoms with Gasteiger partial charge in [0.1, 0.15) is 23.2 Å². The van der Waals surface area contributed by atoms with Crippen LogP contribution < -0.4 is 16.0 Å². The lowest BCUT2D eigenvalue weighted by atomic mass is 9.72. The van der Waals surface area contributed by atoms with E-state index in [1.807, 2.05) is 0 Å². The van der Waals surface area contributed by atoms with Crippen molar-refractivity contribution in [2.75, 3.05) is 23.3 Å². The van der Waals surface area contributed by atoms with Crippen molar-refractivity contribution in [3.8, 4) is 0 Å². The summed E-state index contributed by atoms with van der Waals surface area (Å²) in [5.74, 6) is 0.749.